The molecule has 21 heavy (non-hydrogen) atoms. The molecule has 0 spiro atoms. The van der Waals surface area contributed by atoms with Crippen molar-refractivity contribution in [2.24, 2.45) is 5.92 Å². The Morgan fingerprint density at radius 2 is 1.90 bits per heavy atom. The maximum absolute atomic E-state index is 13.6. The van der Waals surface area contributed by atoms with Gasteiger partial charge in [-0.2, -0.15) is 0 Å². The third kappa shape index (κ3) is 4.05. The first-order valence-electron chi connectivity index (χ1n) is 6.94. The number of para-hydroxylation sites is 1. The number of nitrogens with one attached hydrogen (secondary N) is 2. The normalized spacial score (nSPS) is 10.7. The second-order valence-electron chi connectivity index (χ2n) is 5.20. The molecule has 1 aromatic carbocycles. The number of rotatable bonds is 6. The van der Waals surface area contributed by atoms with Gasteiger partial charge in [0.25, 0.3) is 0 Å². The number of benzene rings is 1. The zero-order valence-electron chi connectivity index (χ0n) is 12.2. The van der Waals surface area contributed by atoms with Crippen molar-refractivity contribution in [3.63, 3.8) is 0 Å². The van der Waals surface area contributed by atoms with Crippen LogP contribution in [0.2, 0.25) is 0 Å². The molecule has 0 radical (unpaired) electrons. The molecule has 0 aliphatic rings. The molecule has 2 aromatic rings. The van der Waals surface area contributed by atoms with E-state index in [1.807, 2.05) is 0 Å². The van der Waals surface area contributed by atoms with E-state index in [0.717, 1.165) is 13.0 Å². The lowest BCUT2D eigenvalue weighted by Crippen LogP contribution is -2.10. The van der Waals surface area contributed by atoms with Gasteiger partial charge in [-0.1, -0.05) is 26.0 Å². The van der Waals surface area contributed by atoms with Crippen molar-refractivity contribution < 1.29 is 4.39 Å². The third-order valence-corrected chi connectivity index (χ3v) is 3.02. The summed E-state index contributed by atoms with van der Waals surface area (Å²) in [4.78, 5) is 8.18. The fraction of sp³-hybridized carbons (Fsp3) is 0.333. The molecule has 1 aromatic heterocycles. The molecule has 0 aliphatic heterocycles. The van der Waals surface area contributed by atoms with E-state index in [9.17, 15) is 4.39 Å². The number of aromatic nitrogens is 2. The molecule has 0 bridgehead atoms. The molecule has 6 heteroatoms. The van der Waals surface area contributed by atoms with E-state index in [1.165, 1.54) is 12.4 Å². The van der Waals surface area contributed by atoms with E-state index in [0.29, 0.717) is 28.9 Å². The van der Waals surface area contributed by atoms with Crippen LogP contribution in [0, 0.1) is 11.7 Å². The number of nitrogens with zero attached hydrogens (tertiary/aromatic N) is 2. The second-order valence-corrected chi connectivity index (χ2v) is 5.20. The first kappa shape index (κ1) is 15.0. The van der Waals surface area contributed by atoms with Gasteiger partial charge in [0.05, 0.1) is 5.69 Å². The summed E-state index contributed by atoms with van der Waals surface area (Å²) in [6.07, 6.45) is 2.41. The number of nitrogen functional groups attached to an aromatic ring is 1. The quantitative estimate of drug-likeness (QED) is 0.760. The first-order chi connectivity index (χ1) is 10.1. The fourth-order valence-corrected chi connectivity index (χ4v) is 1.81. The lowest BCUT2D eigenvalue weighted by atomic mass is 10.1. The molecule has 0 amide bonds. The average molecular weight is 289 g/mol. The summed E-state index contributed by atoms with van der Waals surface area (Å²) >= 11 is 0. The van der Waals surface area contributed by atoms with Gasteiger partial charge in [-0.25, -0.2) is 14.4 Å². The molecule has 5 nitrogen and oxygen atoms in total. The van der Waals surface area contributed by atoms with Crippen LogP contribution in [0.5, 0.6) is 0 Å². The maximum atomic E-state index is 13.6. The Kier molecular flexibility index (Phi) is 4.92. The minimum Gasteiger partial charge on any atom is -0.393 e. The first-order valence-corrected chi connectivity index (χ1v) is 6.94. The third-order valence-electron chi connectivity index (χ3n) is 3.02. The van der Waals surface area contributed by atoms with Gasteiger partial charge in [0.2, 0.25) is 0 Å². The minimum absolute atomic E-state index is 0.330. The Hall–Kier alpha value is -2.37. The van der Waals surface area contributed by atoms with Crippen molar-refractivity contribution >= 4 is 23.0 Å². The van der Waals surface area contributed by atoms with E-state index < -0.39 is 0 Å². The van der Waals surface area contributed by atoms with E-state index in [-0.39, 0.29) is 5.82 Å². The van der Waals surface area contributed by atoms with Crippen LogP contribution >= 0.6 is 0 Å². The Labute approximate surface area is 123 Å². The van der Waals surface area contributed by atoms with E-state index in [2.05, 4.69) is 34.4 Å². The van der Waals surface area contributed by atoms with Crippen molar-refractivity contribution in [1.29, 1.82) is 0 Å². The average Bonchev–Trinajstić information content (AvgIpc) is 2.45. The lowest BCUT2D eigenvalue weighted by molar-refractivity contribution is 0.606. The van der Waals surface area contributed by atoms with Crippen molar-refractivity contribution in [2.75, 3.05) is 22.9 Å². The maximum Gasteiger partial charge on any atom is 0.159 e. The van der Waals surface area contributed by atoms with Crippen molar-refractivity contribution in [1.82, 2.24) is 9.97 Å². The van der Waals surface area contributed by atoms with Crippen molar-refractivity contribution in [3.8, 4) is 0 Å². The summed E-state index contributed by atoms with van der Waals surface area (Å²) in [6.45, 7) is 5.07. The summed E-state index contributed by atoms with van der Waals surface area (Å²) in [6, 6.07) is 6.37. The van der Waals surface area contributed by atoms with Crippen LogP contribution in [0.4, 0.5) is 27.4 Å². The van der Waals surface area contributed by atoms with Crippen LogP contribution in [0.15, 0.2) is 30.6 Å². The molecule has 0 saturated heterocycles. The van der Waals surface area contributed by atoms with Gasteiger partial charge in [0.1, 0.15) is 17.8 Å². The van der Waals surface area contributed by atoms with Gasteiger partial charge in [0.15, 0.2) is 11.6 Å². The topological polar surface area (TPSA) is 75.9 Å². The molecule has 0 atom stereocenters. The van der Waals surface area contributed by atoms with Crippen molar-refractivity contribution in [3.05, 3.63) is 36.4 Å². The molecule has 4 N–H and O–H groups in total. The summed E-state index contributed by atoms with van der Waals surface area (Å²) in [7, 11) is 0. The minimum atomic E-state index is -0.357. The predicted octanol–water partition coefficient (Wildman–Crippen LogP) is 3.40. The molecular formula is C15H20FN5. The standard InChI is InChI=1S/C15H20FN5/c1-10(2)7-8-18-14-13(17)15(20-9-19-14)21-12-6-4-3-5-11(12)16/h3-6,9-10H,7-8,17H2,1-2H3,(H2,18,19,20,21). The van der Waals surface area contributed by atoms with E-state index in [1.54, 1.807) is 18.2 Å². The number of hydrogen-bond donors (Lipinski definition) is 3. The van der Waals surface area contributed by atoms with Crippen LogP contribution in [-0.4, -0.2) is 16.5 Å². The summed E-state index contributed by atoms with van der Waals surface area (Å²) in [5.74, 6) is 1.19. The molecule has 0 saturated carbocycles. The zero-order chi connectivity index (χ0) is 15.2. The van der Waals surface area contributed by atoms with Crippen LogP contribution in [0.1, 0.15) is 20.3 Å². The number of nitrogens with two attached hydrogens (primary N) is 1. The van der Waals surface area contributed by atoms with Gasteiger partial charge in [0, 0.05) is 6.54 Å². The number of hydrogen-bond acceptors (Lipinski definition) is 5. The van der Waals surface area contributed by atoms with Gasteiger partial charge in [-0.15, -0.1) is 0 Å². The van der Waals surface area contributed by atoms with Crippen molar-refractivity contribution in [2.45, 2.75) is 20.3 Å². The fourth-order valence-electron chi connectivity index (χ4n) is 1.81. The van der Waals surface area contributed by atoms with Gasteiger partial charge in [-0.3, -0.25) is 0 Å². The summed E-state index contributed by atoms with van der Waals surface area (Å²) in [5.41, 5.74) is 6.73. The van der Waals surface area contributed by atoms with Crippen LogP contribution in [0.3, 0.4) is 0 Å². The van der Waals surface area contributed by atoms with Gasteiger partial charge >= 0.3 is 0 Å². The van der Waals surface area contributed by atoms with Gasteiger partial charge < -0.3 is 16.4 Å². The SMILES string of the molecule is CC(C)CCNc1ncnc(Nc2ccccc2F)c1N. The molecule has 0 fully saturated rings. The number of anilines is 4. The molecule has 0 unspecified atom stereocenters. The zero-order valence-corrected chi connectivity index (χ0v) is 12.2. The smallest absolute Gasteiger partial charge is 0.159 e. The lowest BCUT2D eigenvalue weighted by Gasteiger charge is -2.13. The van der Waals surface area contributed by atoms with E-state index in [4.69, 9.17) is 5.73 Å². The van der Waals surface area contributed by atoms with Crippen LogP contribution in [0.25, 0.3) is 0 Å². The molecule has 1 heterocycles. The highest BCUT2D eigenvalue weighted by Gasteiger charge is 2.10. The Bertz CT molecular complexity index is 600. The van der Waals surface area contributed by atoms with Crippen LogP contribution in [-0.2, 0) is 0 Å². The Morgan fingerprint density at radius 1 is 1.19 bits per heavy atom. The Morgan fingerprint density at radius 3 is 2.62 bits per heavy atom. The molecular weight excluding hydrogens is 269 g/mol. The van der Waals surface area contributed by atoms with Gasteiger partial charge in [-0.05, 0) is 24.5 Å². The Balaban J connectivity index is 2.12. The highest BCUT2D eigenvalue weighted by molar-refractivity contribution is 5.77. The van der Waals surface area contributed by atoms with E-state index >= 15 is 0 Å². The molecule has 2 rings (SSSR count). The number of halogens is 1. The predicted molar refractivity (Wildman–Crippen MR) is 84.1 cm³/mol. The second kappa shape index (κ2) is 6.88. The summed E-state index contributed by atoms with van der Waals surface area (Å²) < 4.78 is 13.6. The van der Waals surface area contributed by atoms with Crippen LogP contribution < -0.4 is 16.4 Å². The largest absolute Gasteiger partial charge is 0.393 e. The monoisotopic (exact) mass is 289 g/mol. The molecule has 112 valence electrons. The summed E-state index contributed by atoms with van der Waals surface area (Å²) in [5, 5.41) is 6.06. The highest BCUT2D eigenvalue weighted by atomic mass is 19.1. The molecule has 0 aliphatic carbocycles. The highest BCUT2D eigenvalue weighted by Crippen LogP contribution is 2.26.